The fourth-order valence-electron chi connectivity index (χ4n) is 3.31. The van der Waals surface area contributed by atoms with Crippen molar-refractivity contribution >= 4 is 17.0 Å². The third-order valence-electron chi connectivity index (χ3n) is 4.66. The largest absolute Gasteiger partial charge is 0.463 e. The summed E-state index contributed by atoms with van der Waals surface area (Å²) in [5.74, 6) is -0.0529. The minimum atomic E-state index is -0.0529. The first-order valence-corrected chi connectivity index (χ1v) is 8.41. The molecule has 0 atom stereocenters. The van der Waals surface area contributed by atoms with E-state index in [9.17, 15) is 4.79 Å². The monoisotopic (exact) mass is 323 g/mol. The van der Waals surface area contributed by atoms with Gasteiger partial charge in [-0.15, -0.1) is 0 Å². The van der Waals surface area contributed by atoms with Gasteiger partial charge in [0.05, 0.1) is 11.8 Å². The molecule has 4 rings (SSSR count). The van der Waals surface area contributed by atoms with Crippen LogP contribution < -0.4 is 5.32 Å². The van der Waals surface area contributed by atoms with Crippen molar-refractivity contribution in [1.29, 1.82) is 0 Å². The van der Waals surface area contributed by atoms with Gasteiger partial charge in [-0.05, 0) is 18.4 Å². The Bertz CT molecular complexity index is 785. The first-order valence-electron chi connectivity index (χ1n) is 8.41. The second-order valence-corrected chi connectivity index (χ2v) is 6.39. The van der Waals surface area contributed by atoms with Gasteiger partial charge in [-0.25, -0.2) is 0 Å². The summed E-state index contributed by atoms with van der Waals surface area (Å²) in [6.45, 7) is 2.99. The van der Waals surface area contributed by atoms with Gasteiger partial charge in [-0.2, -0.15) is 0 Å². The van der Waals surface area contributed by atoms with Gasteiger partial charge in [0.2, 0.25) is 0 Å². The standard InChI is InChI=1S/C19H21N3O2/c23-19(17-12-18-16(21-17)8-11-24-18)20-15-6-9-22(10-7-15)13-14-4-2-1-3-5-14/h1-5,8,11-12,15,21H,6-7,9-10,13H2,(H,20,23). The number of nitrogens with zero attached hydrogens (tertiary/aromatic N) is 1. The van der Waals surface area contributed by atoms with Gasteiger partial charge in [0.1, 0.15) is 5.69 Å². The number of furan rings is 1. The number of carbonyl (C=O) groups excluding carboxylic acids is 1. The van der Waals surface area contributed by atoms with E-state index in [4.69, 9.17) is 4.42 Å². The average Bonchev–Trinajstić information content (AvgIpc) is 3.19. The highest BCUT2D eigenvalue weighted by Gasteiger charge is 2.22. The Hall–Kier alpha value is -2.53. The number of hydrogen-bond acceptors (Lipinski definition) is 3. The van der Waals surface area contributed by atoms with Crippen molar-refractivity contribution in [1.82, 2.24) is 15.2 Å². The number of fused-ring (bicyclic) bond motifs is 1. The summed E-state index contributed by atoms with van der Waals surface area (Å²) in [5.41, 5.74) is 3.49. The van der Waals surface area contributed by atoms with Crippen LogP contribution >= 0.6 is 0 Å². The van der Waals surface area contributed by atoms with Crippen molar-refractivity contribution in [3.05, 3.63) is 60.0 Å². The van der Waals surface area contributed by atoms with E-state index in [2.05, 4.69) is 39.5 Å². The Kier molecular flexibility index (Phi) is 4.09. The number of benzene rings is 1. The Morgan fingerprint density at radius 3 is 2.75 bits per heavy atom. The molecular formula is C19H21N3O2. The number of hydrogen-bond donors (Lipinski definition) is 2. The van der Waals surface area contributed by atoms with E-state index in [1.807, 2.05) is 12.1 Å². The summed E-state index contributed by atoms with van der Waals surface area (Å²) >= 11 is 0. The number of amides is 1. The maximum absolute atomic E-state index is 12.4. The minimum Gasteiger partial charge on any atom is -0.463 e. The van der Waals surface area contributed by atoms with Crippen LogP contribution in [-0.2, 0) is 6.54 Å². The predicted molar refractivity (Wildman–Crippen MR) is 92.8 cm³/mol. The first-order chi connectivity index (χ1) is 11.8. The van der Waals surface area contributed by atoms with Crippen molar-refractivity contribution < 1.29 is 9.21 Å². The Morgan fingerprint density at radius 2 is 2.00 bits per heavy atom. The number of aromatic amines is 1. The topological polar surface area (TPSA) is 61.3 Å². The SMILES string of the molecule is O=C(NC1CCN(Cc2ccccc2)CC1)c1cc2occc2[nH]1. The molecule has 124 valence electrons. The van der Waals surface area contributed by atoms with Gasteiger partial charge < -0.3 is 14.7 Å². The molecule has 0 spiro atoms. The van der Waals surface area contributed by atoms with Gasteiger partial charge in [0.25, 0.3) is 5.91 Å². The highest BCUT2D eigenvalue weighted by Crippen LogP contribution is 2.17. The molecule has 1 fully saturated rings. The zero-order valence-corrected chi connectivity index (χ0v) is 13.5. The first kappa shape index (κ1) is 15.0. The maximum Gasteiger partial charge on any atom is 0.268 e. The van der Waals surface area contributed by atoms with E-state index >= 15 is 0 Å². The number of carbonyl (C=O) groups is 1. The van der Waals surface area contributed by atoms with E-state index in [-0.39, 0.29) is 11.9 Å². The lowest BCUT2D eigenvalue weighted by Gasteiger charge is -2.32. The molecule has 24 heavy (non-hydrogen) atoms. The van der Waals surface area contributed by atoms with E-state index in [1.165, 1.54) is 5.56 Å². The molecule has 0 radical (unpaired) electrons. The fraction of sp³-hybridized carbons (Fsp3) is 0.316. The van der Waals surface area contributed by atoms with E-state index in [1.54, 1.807) is 12.3 Å². The summed E-state index contributed by atoms with van der Waals surface area (Å²) in [5, 5.41) is 3.13. The van der Waals surface area contributed by atoms with Crippen molar-refractivity contribution in [3.63, 3.8) is 0 Å². The van der Waals surface area contributed by atoms with Gasteiger partial charge in [0.15, 0.2) is 5.58 Å². The molecule has 2 N–H and O–H groups in total. The van der Waals surface area contributed by atoms with Crippen molar-refractivity contribution in [2.24, 2.45) is 0 Å². The summed E-state index contributed by atoms with van der Waals surface area (Å²) in [7, 11) is 0. The van der Waals surface area contributed by atoms with Crippen LogP contribution in [0.15, 0.2) is 53.1 Å². The van der Waals surface area contributed by atoms with Crippen molar-refractivity contribution in [2.75, 3.05) is 13.1 Å². The highest BCUT2D eigenvalue weighted by molar-refractivity contribution is 5.96. The summed E-state index contributed by atoms with van der Waals surface area (Å²) in [6.07, 6.45) is 3.58. The van der Waals surface area contributed by atoms with Crippen molar-refractivity contribution in [2.45, 2.75) is 25.4 Å². The summed E-state index contributed by atoms with van der Waals surface area (Å²) in [6, 6.07) is 14.3. The third kappa shape index (κ3) is 3.21. The van der Waals surface area contributed by atoms with Crippen LogP contribution in [0.25, 0.3) is 11.1 Å². The van der Waals surface area contributed by atoms with E-state index in [0.717, 1.165) is 43.6 Å². The van der Waals surface area contributed by atoms with E-state index < -0.39 is 0 Å². The summed E-state index contributed by atoms with van der Waals surface area (Å²) < 4.78 is 5.29. The highest BCUT2D eigenvalue weighted by atomic mass is 16.3. The molecule has 1 aromatic carbocycles. The lowest BCUT2D eigenvalue weighted by atomic mass is 10.0. The third-order valence-corrected chi connectivity index (χ3v) is 4.66. The fourth-order valence-corrected chi connectivity index (χ4v) is 3.31. The molecular weight excluding hydrogens is 302 g/mol. The Morgan fingerprint density at radius 1 is 1.21 bits per heavy atom. The van der Waals surface area contributed by atoms with Crippen LogP contribution in [0.5, 0.6) is 0 Å². The molecule has 2 aromatic heterocycles. The number of rotatable bonds is 4. The molecule has 3 heterocycles. The number of H-pyrrole nitrogens is 1. The van der Waals surface area contributed by atoms with Gasteiger partial charge >= 0.3 is 0 Å². The quantitative estimate of drug-likeness (QED) is 0.775. The van der Waals surface area contributed by atoms with Gasteiger partial charge in [-0.1, -0.05) is 30.3 Å². The Balaban J connectivity index is 1.29. The second-order valence-electron chi connectivity index (χ2n) is 6.39. The molecule has 5 nitrogen and oxygen atoms in total. The average molecular weight is 323 g/mol. The van der Waals surface area contributed by atoms with Crippen LogP contribution in [0, 0.1) is 0 Å². The zero-order valence-electron chi connectivity index (χ0n) is 13.5. The number of aromatic nitrogens is 1. The predicted octanol–water partition coefficient (Wildman–Crippen LogP) is 3.16. The summed E-state index contributed by atoms with van der Waals surface area (Å²) in [4.78, 5) is 17.9. The second kappa shape index (κ2) is 6.53. The van der Waals surface area contributed by atoms with Gasteiger partial charge in [0, 0.05) is 37.8 Å². The molecule has 1 aliphatic heterocycles. The molecule has 1 saturated heterocycles. The van der Waals surface area contributed by atoms with Gasteiger partial charge in [-0.3, -0.25) is 9.69 Å². The minimum absolute atomic E-state index is 0.0529. The molecule has 0 aliphatic carbocycles. The number of nitrogens with one attached hydrogen (secondary N) is 2. The smallest absolute Gasteiger partial charge is 0.268 e. The number of piperidine rings is 1. The maximum atomic E-state index is 12.4. The molecule has 0 unspecified atom stereocenters. The van der Waals surface area contributed by atoms with Crippen LogP contribution in [0.2, 0.25) is 0 Å². The number of likely N-dealkylation sites (tertiary alicyclic amines) is 1. The zero-order chi connectivity index (χ0) is 16.4. The van der Waals surface area contributed by atoms with Crippen LogP contribution in [0.3, 0.4) is 0 Å². The van der Waals surface area contributed by atoms with Crippen LogP contribution in [0.1, 0.15) is 28.9 Å². The molecule has 1 aliphatic rings. The van der Waals surface area contributed by atoms with E-state index in [0.29, 0.717) is 5.69 Å². The van der Waals surface area contributed by atoms with Crippen LogP contribution in [-0.4, -0.2) is 34.9 Å². The Labute approximate surface area is 140 Å². The normalized spacial score (nSPS) is 16.5. The lowest BCUT2D eigenvalue weighted by Crippen LogP contribution is -2.44. The lowest BCUT2D eigenvalue weighted by molar-refractivity contribution is 0.0904. The molecule has 1 amide bonds. The molecule has 3 aromatic rings. The van der Waals surface area contributed by atoms with Crippen LogP contribution in [0.4, 0.5) is 0 Å². The van der Waals surface area contributed by atoms with Crippen molar-refractivity contribution in [3.8, 4) is 0 Å². The molecule has 0 bridgehead atoms. The molecule has 5 heteroatoms. The molecule has 0 saturated carbocycles.